The highest BCUT2D eigenvalue weighted by Crippen LogP contribution is 2.03. The summed E-state index contributed by atoms with van der Waals surface area (Å²) in [4.78, 5) is 8.81. The van der Waals surface area contributed by atoms with Gasteiger partial charge in [0, 0.05) is 0 Å². The fourth-order valence-electron chi connectivity index (χ4n) is 1.51. The van der Waals surface area contributed by atoms with Gasteiger partial charge in [0.2, 0.25) is 0 Å². The first kappa shape index (κ1) is 30.7. The van der Waals surface area contributed by atoms with E-state index in [-0.39, 0.29) is 0 Å². The molecule has 144 valence electrons. The Hall–Kier alpha value is -1.11. The number of carbonyl (C=O) groups excluding carboxylic acids is 1. The molecule has 0 N–H and O–H groups in total. The summed E-state index contributed by atoms with van der Waals surface area (Å²) >= 11 is 0. The molecule has 1 nitrogen and oxygen atoms in total. The molecule has 0 saturated carbocycles. The molecule has 0 saturated heterocycles. The number of benzene rings is 1. The van der Waals surface area contributed by atoms with Crippen LogP contribution in [-0.4, -0.2) is 6.29 Å². The van der Waals surface area contributed by atoms with Crippen molar-refractivity contribution in [1.82, 2.24) is 0 Å². The molecule has 0 bridgehead atoms. The molecule has 1 aromatic rings. The van der Waals surface area contributed by atoms with E-state index in [0.717, 1.165) is 24.5 Å². The van der Waals surface area contributed by atoms with Crippen molar-refractivity contribution in [1.29, 1.82) is 0 Å². The predicted octanol–water partition coefficient (Wildman–Crippen LogP) is 7.89. The predicted molar refractivity (Wildman–Crippen MR) is 114 cm³/mol. The van der Waals surface area contributed by atoms with Crippen molar-refractivity contribution in [3.05, 3.63) is 35.4 Å². The first-order chi connectivity index (χ1) is 11.2. The van der Waals surface area contributed by atoms with E-state index in [1.54, 1.807) is 0 Å². The van der Waals surface area contributed by atoms with Crippen molar-refractivity contribution < 1.29 is 4.79 Å². The van der Waals surface area contributed by atoms with E-state index < -0.39 is 0 Å². The number of carbonyl (C=O) groups is 1. The zero-order chi connectivity index (χ0) is 20.0. The molecule has 0 spiro atoms. The Morgan fingerprint density at radius 1 is 1.00 bits per heavy atom. The zero-order valence-corrected chi connectivity index (χ0v) is 18.6. The van der Waals surface area contributed by atoms with Gasteiger partial charge in [-0.05, 0) is 37.7 Å². The van der Waals surface area contributed by atoms with Gasteiger partial charge in [-0.3, -0.25) is 0 Å². The van der Waals surface area contributed by atoms with Gasteiger partial charge in [0.15, 0.2) is 0 Å². The van der Waals surface area contributed by atoms with Crippen molar-refractivity contribution in [3.63, 3.8) is 0 Å². The van der Waals surface area contributed by atoms with Crippen LogP contribution in [0.1, 0.15) is 93.2 Å². The van der Waals surface area contributed by atoms with Gasteiger partial charge in [0.25, 0.3) is 0 Å². The molecule has 0 aliphatic rings. The average Bonchev–Trinajstić information content (AvgIpc) is 2.50. The summed E-state index contributed by atoms with van der Waals surface area (Å²) in [5.41, 5.74) is 2.78. The summed E-state index contributed by atoms with van der Waals surface area (Å²) in [6.07, 6.45) is 4.60. The third kappa shape index (κ3) is 42.8. The average molecular weight is 339 g/mol. The van der Waals surface area contributed by atoms with Gasteiger partial charge < -0.3 is 4.79 Å². The number of rotatable bonds is 3. The van der Waals surface area contributed by atoms with Gasteiger partial charge in [-0.25, -0.2) is 0 Å². The Bertz CT molecular complexity index is 324. The number of hydrogen-bond donors (Lipinski definition) is 0. The van der Waals surface area contributed by atoms with Gasteiger partial charge in [-0.1, -0.05) is 105 Å². The van der Waals surface area contributed by atoms with E-state index in [9.17, 15) is 0 Å². The number of aldehydes is 1. The monoisotopic (exact) mass is 338 g/mol. The minimum Gasteiger partial charge on any atom is -0.304 e. The third-order valence-corrected chi connectivity index (χ3v) is 2.36. The third-order valence-electron chi connectivity index (χ3n) is 2.36. The smallest absolute Gasteiger partial charge is 0.116 e. The van der Waals surface area contributed by atoms with E-state index in [0.29, 0.717) is 0 Å². The Morgan fingerprint density at radius 3 is 1.58 bits per heavy atom. The highest BCUT2D eigenvalue weighted by molar-refractivity contribution is 5.44. The lowest BCUT2D eigenvalue weighted by Gasteiger charge is -1.95. The summed E-state index contributed by atoms with van der Waals surface area (Å²) in [5.74, 6) is 1.73. The van der Waals surface area contributed by atoms with E-state index in [2.05, 4.69) is 79.7 Å². The summed E-state index contributed by atoms with van der Waals surface area (Å²) in [7, 11) is 0. The Kier molecular flexibility index (Phi) is 34.3. The van der Waals surface area contributed by atoms with Crippen LogP contribution in [0.2, 0.25) is 0 Å². The fraction of sp³-hybridized carbons (Fsp3) is 0.696. The van der Waals surface area contributed by atoms with Crippen LogP contribution in [0.4, 0.5) is 0 Å². The van der Waals surface area contributed by atoms with Gasteiger partial charge >= 0.3 is 0 Å². The van der Waals surface area contributed by atoms with Crippen LogP contribution in [0.3, 0.4) is 0 Å². The summed E-state index contributed by atoms with van der Waals surface area (Å²) in [6, 6.07) is 8.61. The molecule has 1 rings (SSSR count). The van der Waals surface area contributed by atoms with Crippen LogP contribution < -0.4 is 0 Å². The Balaban J connectivity index is -0.000000117. The molecule has 24 heavy (non-hydrogen) atoms. The maximum absolute atomic E-state index is 8.81. The molecular formula is C23H46O. The lowest BCUT2D eigenvalue weighted by molar-refractivity contribution is -0.106. The minimum atomic E-state index is 0.750. The van der Waals surface area contributed by atoms with Crippen LogP contribution >= 0.6 is 0 Å². The Labute approximate surface area is 154 Å². The molecule has 1 heteroatoms. The van der Waals surface area contributed by atoms with Gasteiger partial charge in [-0.2, -0.15) is 0 Å². The van der Waals surface area contributed by atoms with E-state index in [4.69, 9.17) is 4.79 Å². The number of aryl methyl sites for hydroxylation is 2. The molecule has 0 aliphatic carbocycles. The topological polar surface area (TPSA) is 17.1 Å². The molecule has 0 atom stereocenters. The summed E-state index contributed by atoms with van der Waals surface area (Å²) in [6.45, 7) is 23.0. The van der Waals surface area contributed by atoms with Crippen molar-refractivity contribution in [3.8, 4) is 0 Å². The fourth-order valence-corrected chi connectivity index (χ4v) is 1.51. The molecule has 0 aromatic heterocycles. The van der Waals surface area contributed by atoms with Gasteiger partial charge in [0.1, 0.15) is 6.29 Å². The molecule has 1 aromatic carbocycles. The van der Waals surface area contributed by atoms with Crippen molar-refractivity contribution in [2.75, 3.05) is 0 Å². The molecule has 0 aliphatic heterocycles. The van der Waals surface area contributed by atoms with Crippen molar-refractivity contribution in [2.24, 2.45) is 11.8 Å². The quantitative estimate of drug-likeness (QED) is 0.512. The molecule has 0 radical (unpaired) electrons. The second-order valence-corrected chi connectivity index (χ2v) is 6.49. The van der Waals surface area contributed by atoms with E-state index in [1.807, 2.05) is 13.8 Å². The van der Waals surface area contributed by atoms with Crippen LogP contribution in [0.25, 0.3) is 0 Å². The maximum Gasteiger partial charge on any atom is 0.116 e. The highest BCUT2D eigenvalue weighted by atomic mass is 16.1. The molecular weight excluding hydrogens is 292 g/mol. The van der Waals surface area contributed by atoms with Crippen molar-refractivity contribution in [2.45, 2.75) is 95.4 Å². The van der Waals surface area contributed by atoms with E-state index >= 15 is 0 Å². The lowest BCUT2D eigenvalue weighted by atomic mass is 10.1. The number of hydrogen-bond acceptors (Lipinski definition) is 1. The molecule has 0 unspecified atom stereocenters. The summed E-state index contributed by atoms with van der Waals surface area (Å²) < 4.78 is 0. The van der Waals surface area contributed by atoms with Crippen LogP contribution in [0.5, 0.6) is 0 Å². The van der Waals surface area contributed by atoms with E-state index in [1.165, 1.54) is 30.9 Å². The minimum absolute atomic E-state index is 0.750. The second-order valence-electron chi connectivity index (χ2n) is 6.49. The SMILES string of the molecule is CC.CC(C)C.CC=O.CCCC(C)C.CCc1cccc(C)c1. The molecule has 0 amide bonds. The Morgan fingerprint density at radius 2 is 1.42 bits per heavy atom. The van der Waals surface area contributed by atoms with Crippen LogP contribution in [0, 0.1) is 18.8 Å². The largest absolute Gasteiger partial charge is 0.304 e. The standard InChI is InChI=1S/C9H12.C6H14.C4H10.C2H4O.C2H6/c1-3-9-6-4-5-8(2)7-9;1-4-5-6(2)3;1-4(2)3;1-2-3;1-2/h4-7H,3H2,1-2H3;6H,4-5H2,1-3H3;4H,1-3H3;2H,1H3;1-2H3. The summed E-state index contributed by atoms with van der Waals surface area (Å²) in [5, 5.41) is 0. The molecule has 0 fully saturated rings. The first-order valence-electron chi connectivity index (χ1n) is 9.70. The van der Waals surface area contributed by atoms with Crippen LogP contribution in [-0.2, 0) is 11.2 Å². The van der Waals surface area contributed by atoms with Crippen molar-refractivity contribution >= 4 is 6.29 Å². The van der Waals surface area contributed by atoms with Crippen LogP contribution in [0.15, 0.2) is 24.3 Å². The normalized spacial score (nSPS) is 8.38. The first-order valence-corrected chi connectivity index (χ1v) is 9.70. The lowest BCUT2D eigenvalue weighted by Crippen LogP contribution is -1.81. The second kappa shape index (κ2) is 26.8. The van der Waals surface area contributed by atoms with Gasteiger partial charge in [-0.15, -0.1) is 0 Å². The van der Waals surface area contributed by atoms with Gasteiger partial charge in [0.05, 0.1) is 0 Å². The maximum atomic E-state index is 8.81. The molecule has 0 heterocycles. The highest BCUT2D eigenvalue weighted by Gasteiger charge is 1.86. The zero-order valence-electron chi connectivity index (χ0n) is 18.6.